The number of benzene rings is 2. The van der Waals surface area contributed by atoms with Crippen LogP contribution in [0.2, 0.25) is 0 Å². The molecular weight excluding hydrogens is 503 g/mol. The fraction of sp³-hybridized carbons (Fsp3) is 0.200. The third-order valence-corrected chi connectivity index (χ3v) is 5.67. The molecule has 0 aliphatic rings. The quantitative estimate of drug-likeness (QED) is 0.377. The molecule has 10 nitrogen and oxygen atoms in total. The van der Waals surface area contributed by atoms with E-state index in [2.05, 4.69) is 15.3 Å². The summed E-state index contributed by atoms with van der Waals surface area (Å²) in [5.74, 6) is -0.405. The van der Waals surface area contributed by atoms with Gasteiger partial charge in [0, 0.05) is 23.5 Å². The van der Waals surface area contributed by atoms with E-state index in [1.807, 2.05) is 0 Å². The molecule has 4 aromatic rings. The number of anilines is 1. The molecule has 4 rings (SSSR count). The Hall–Kier alpha value is -4.32. The van der Waals surface area contributed by atoms with Crippen molar-refractivity contribution < 1.29 is 27.1 Å². The van der Waals surface area contributed by atoms with Crippen LogP contribution in [-0.4, -0.2) is 40.9 Å². The second kappa shape index (κ2) is 9.62. The van der Waals surface area contributed by atoms with Crippen molar-refractivity contribution in [3.8, 4) is 17.2 Å². The first-order valence-corrected chi connectivity index (χ1v) is 12.9. The van der Waals surface area contributed by atoms with Crippen LogP contribution < -0.4 is 15.6 Å². The lowest BCUT2D eigenvalue weighted by Crippen LogP contribution is -2.27. The van der Waals surface area contributed by atoms with E-state index in [9.17, 15) is 22.4 Å². The number of rotatable bonds is 5. The van der Waals surface area contributed by atoms with Crippen molar-refractivity contribution in [1.29, 1.82) is 0 Å². The van der Waals surface area contributed by atoms with E-state index in [1.54, 1.807) is 39.0 Å². The number of ether oxygens (including phenoxy) is 2. The van der Waals surface area contributed by atoms with Gasteiger partial charge in [-0.1, -0.05) is 6.07 Å². The Kier molecular flexibility index (Phi) is 6.70. The molecule has 0 bridgehead atoms. The van der Waals surface area contributed by atoms with Crippen LogP contribution in [0.15, 0.2) is 70.7 Å². The van der Waals surface area contributed by atoms with E-state index in [4.69, 9.17) is 9.47 Å². The monoisotopic (exact) mass is 526 g/mol. The molecule has 1 N–H and O–H groups in total. The van der Waals surface area contributed by atoms with Crippen LogP contribution >= 0.6 is 0 Å². The maximum absolute atomic E-state index is 13.6. The van der Waals surface area contributed by atoms with Gasteiger partial charge in [-0.15, -0.1) is 0 Å². The minimum Gasteiger partial charge on any atom is -0.452 e. The topological polar surface area (TPSA) is 129 Å². The van der Waals surface area contributed by atoms with Crippen LogP contribution in [0.5, 0.6) is 11.5 Å². The van der Waals surface area contributed by atoms with Crippen molar-refractivity contribution in [2.24, 2.45) is 0 Å². The summed E-state index contributed by atoms with van der Waals surface area (Å²) in [5.41, 5.74) is -0.828. The van der Waals surface area contributed by atoms with E-state index in [0.717, 1.165) is 10.8 Å². The van der Waals surface area contributed by atoms with Crippen molar-refractivity contribution in [2.45, 2.75) is 31.5 Å². The fourth-order valence-electron chi connectivity index (χ4n) is 3.32. The van der Waals surface area contributed by atoms with E-state index in [1.165, 1.54) is 42.6 Å². The molecule has 0 unspecified atom stereocenters. The SMILES string of the molecule is CC(C)(C)OC(=O)Nc1cccc(-n2c(=O)c(Oc3ccc(F)cc3)cc3cnc(S(C)(=O)=O)nc32)c1. The van der Waals surface area contributed by atoms with Gasteiger partial charge in [0.05, 0.1) is 5.69 Å². The zero-order valence-electron chi connectivity index (χ0n) is 20.4. The van der Waals surface area contributed by atoms with Crippen molar-refractivity contribution in [1.82, 2.24) is 14.5 Å². The highest BCUT2D eigenvalue weighted by molar-refractivity contribution is 7.90. The molecule has 12 heteroatoms. The molecule has 37 heavy (non-hydrogen) atoms. The smallest absolute Gasteiger partial charge is 0.412 e. The predicted molar refractivity (Wildman–Crippen MR) is 135 cm³/mol. The number of fused-ring (bicyclic) bond motifs is 1. The molecule has 2 heterocycles. The second-order valence-corrected chi connectivity index (χ2v) is 11.0. The highest BCUT2D eigenvalue weighted by Gasteiger charge is 2.20. The first-order chi connectivity index (χ1) is 17.3. The Morgan fingerprint density at radius 3 is 2.43 bits per heavy atom. The number of sulfone groups is 1. The number of hydrogen-bond acceptors (Lipinski definition) is 8. The Morgan fingerprint density at radius 1 is 1.08 bits per heavy atom. The highest BCUT2D eigenvalue weighted by Crippen LogP contribution is 2.25. The molecule has 0 saturated heterocycles. The summed E-state index contributed by atoms with van der Waals surface area (Å²) in [6, 6.07) is 12.7. The van der Waals surface area contributed by atoms with Crippen LogP contribution in [-0.2, 0) is 14.6 Å². The standard InChI is InChI=1S/C25H23FN4O6S/c1-25(2,3)36-24(32)28-17-6-5-7-18(13-17)30-21-15(14-27-23(29-21)37(4,33)34)12-20(22(30)31)35-19-10-8-16(26)9-11-19/h5-14H,1-4H3,(H,28,32). The summed E-state index contributed by atoms with van der Waals surface area (Å²) in [6.45, 7) is 5.17. The summed E-state index contributed by atoms with van der Waals surface area (Å²) in [6.07, 6.45) is 1.51. The van der Waals surface area contributed by atoms with Crippen LogP contribution in [0.3, 0.4) is 0 Å². The highest BCUT2D eigenvalue weighted by atomic mass is 32.2. The molecule has 2 aromatic carbocycles. The van der Waals surface area contributed by atoms with Gasteiger partial charge in [-0.25, -0.2) is 22.6 Å². The summed E-state index contributed by atoms with van der Waals surface area (Å²) in [7, 11) is -3.79. The summed E-state index contributed by atoms with van der Waals surface area (Å²) >= 11 is 0. The number of nitrogens with one attached hydrogen (secondary N) is 1. The van der Waals surface area contributed by atoms with Crippen molar-refractivity contribution in [2.75, 3.05) is 11.6 Å². The largest absolute Gasteiger partial charge is 0.452 e. The van der Waals surface area contributed by atoms with Gasteiger partial charge >= 0.3 is 6.09 Å². The number of nitrogens with zero attached hydrogens (tertiary/aromatic N) is 3. The Morgan fingerprint density at radius 2 is 1.78 bits per heavy atom. The molecule has 0 aliphatic carbocycles. The Labute approximate surface area is 211 Å². The lowest BCUT2D eigenvalue weighted by atomic mass is 10.2. The maximum Gasteiger partial charge on any atom is 0.412 e. The molecule has 0 saturated carbocycles. The summed E-state index contributed by atoms with van der Waals surface area (Å²) < 4.78 is 49.7. The van der Waals surface area contributed by atoms with Crippen LogP contribution in [0.4, 0.5) is 14.9 Å². The van der Waals surface area contributed by atoms with Gasteiger partial charge in [-0.2, -0.15) is 4.98 Å². The van der Waals surface area contributed by atoms with Crippen molar-refractivity contribution in [3.63, 3.8) is 0 Å². The normalized spacial score (nSPS) is 11.8. The second-order valence-electron chi connectivity index (χ2n) is 9.09. The predicted octanol–water partition coefficient (Wildman–Crippen LogP) is 4.46. The molecule has 1 amide bonds. The van der Waals surface area contributed by atoms with Crippen molar-refractivity contribution in [3.05, 3.63) is 77.0 Å². The average Bonchev–Trinajstić information content (AvgIpc) is 2.79. The van der Waals surface area contributed by atoms with Crippen LogP contribution in [0.25, 0.3) is 16.7 Å². The zero-order chi connectivity index (χ0) is 27.0. The fourth-order valence-corrected chi connectivity index (χ4v) is 3.82. The molecular formula is C25H23FN4O6S. The van der Waals surface area contributed by atoms with Gasteiger partial charge in [0.2, 0.25) is 15.0 Å². The number of hydrogen-bond donors (Lipinski definition) is 1. The molecule has 0 radical (unpaired) electrons. The van der Waals surface area contributed by atoms with Gasteiger partial charge in [0.15, 0.2) is 11.4 Å². The Bertz CT molecular complexity index is 1660. The maximum atomic E-state index is 13.6. The van der Waals surface area contributed by atoms with E-state index in [-0.39, 0.29) is 22.8 Å². The zero-order valence-corrected chi connectivity index (χ0v) is 21.2. The molecule has 0 fully saturated rings. The van der Waals surface area contributed by atoms with Gasteiger partial charge < -0.3 is 9.47 Å². The first kappa shape index (κ1) is 25.8. The summed E-state index contributed by atoms with van der Waals surface area (Å²) in [4.78, 5) is 33.9. The minimum atomic E-state index is -3.79. The van der Waals surface area contributed by atoms with Gasteiger partial charge in [-0.3, -0.25) is 14.7 Å². The first-order valence-electron chi connectivity index (χ1n) is 11.0. The van der Waals surface area contributed by atoms with Gasteiger partial charge in [0.25, 0.3) is 5.56 Å². The van der Waals surface area contributed by atoms with Gasteiger partial charge in [-0.05, 0) is 69.3 Å². The minimum absolute atomic E-state index is 0.00120. The van der Waals surface area contributed by atoms with E-state index >= 15 is 0 Å². The van der Waals surface area contributed by atoms with Crippen LogP contribution in [0, 0.1) is 5.82 Å². The number of pyridine rings is 1. The lowest BCUT2D eigenvalue weighted by Gasteiger charge is -2.20. The molecule has 192 valence electrons. The molecule has 2 aromatic heterocycles. The van der Waals surface area contributed by atoms with E-state index in [0.29, 0.717) is 11.1 Å². The number of halogens is 1. The number of aromatic nitrogens is 3. The molecule has 0 atom stereocenters. The number of carbonyl (C=O) groups excluding carboxylic acids is 1. The number of amides is 1. The average molecular weight is 527 g/mol. The Balaban J connectivity index is 1.88. The third kappa shape index (κ3) is 6.09. The molecule has 0 spiro atoms. The van der Waals surface area contributed by atoms with E-state index < -0.39 is 38.1 Å². The lowest BCUT2D eigenvalue weighted by molar-refractivity contribution is 0.0636. The van der Waals surface area contributed by atoms with Crippen molar-refractivity contribution >= 4 is 32.7 Å². The van der Waals surface area contributed by atoms with Crippen LogP contribution in [0.1, 0.15) is 20.8 Å². The van der Waals surface area contributed by atoms with Gasteiger partial charge in [0.1, 0.15) is 17.2 Å². The third-order valence-electron chi connectivity index (χ3n) is 4.81. The summed E-state index contributed by atoms with van der Waals surface area (Å²) in [5, 5.41) is 2.43. The molecule has 0 aliphatic heterocycles. The number of carbonyl (C=O) groups is 1.